The molecule has 156 valence electrons. The van der Waals surface area contributed by atoms with Crippen LogP contribution in [0.2, 0.25) is 5.02 Å². The van der Waals surface area contributed by atoms with Gasteiger partial charge < -0.3 is 10.1 Å². The highest BCUT2D eigenvalue weighted by atomic mass is 35.5. The number of carbonyl (C=O) groups excluding carboxylic acids is 1. The number of hydrogen-bond donors (Lipinski definition) is 1. The van der Waals surface area contributed by atoms with Crippen molar-refractivity contribution in [3.63, 3.8) is 0 Å². The van der Waals surface area contributed by atoms with Crippen molar-refractivity contribution in [1.29, 1.82) is 0 Å². The average Bonchev–Trinajstić information content (AvgIpc) is 2.59. The van der Waals surface area contributed by atoms with Crippen LogP contribution in [0.15, 0.2) is 47.5 Å². The van der Waals surface area contributed by atoms with E-state index >= 15 is 0 Å². The van der Waals surface area contributed by atoms with Crippen molar-refractivity contribution in [2.45, 2.75) is 29.3 Å². The molecule has 2 aromatic rings. The average molecular weight is 449 g/mol. The number of alkyl halides is 3. The van der Waals surface area contributed by atoms with Crippen molar-refractivity contribution in [2.24, 2.45) is 5.92 Å². The van der Waals surface area contributed by atoms with Crippen LogP contribution in [-0.4, -0.2) is 37.5 Å². The van der Waals surface area contributed by atoms with E-state index in [-0.39, 0.29) is 23.1 Å². The van der Waals surface area contributed by atoms with Gasteiger partial charge in [-0.3, -0.25) is 4.79 Å². The first-order valence-electron chi connectivity index (χ1n) is 8.54. The molecule has 0 bridgehead atoms. The van der Waals surface area contributed by atoms with Crippen LogP contribution in [0.25, 0.3) is 0 Å². The summed E-state index contributed by atoms with van der Waals surface area (Å²) in [5, 5.41) is 2.36. The molecule has 0 radical (unpaired) electrons. The Morgan fingerprint density at radius 3 is 2.59 bits per heavy atom. The lowest BCUT2D eigenvalue weighted by Gasteiger charge is -2.34. The van der Waals surface area contributed by atoms with Crippen molar-refractivity contribution in [2.75, 3.05) is 6.54 Å². The van der Waals surface area contributed by atoms with E-state index in [0.717, 1.165) is 12.1 Å². The SMILES string of the molecule is O=C(NCC1CC(S(=O)(=O)c2cccc(OC(F)(F)F)c2)C1)c1ccc(Cl)cn1. The summed E-state index contributed by atoms with van der Waals surface area (Å²) < 4.78 is 66.0. The van der Waals surface area contributed by atoms with Gasteiger partial charge in [-0.15, -0.1) is 13.2 Å². The first kappa shape index (κ1) is 21.4. The quantitative estimate of drug-likeness (QED) is 0.729. The van der Waals surface area contributed by atoms with E-state index in [0.29, 0.717) is 17.9 Å². The highest BCUT2D eigenvalue weighted by Crippen LogP contribution is 2.37. The smallest absolute Gasteiger partial charge is 0.406 e. The Balaban J connectivity index is 1.55. The summed E-state index contributed by atoms with van der Waals surface area (Å²) in [5.41, 5.74) is 0.194. The number of nitrogens with one attached hydrogen (secondary N) is 1. The van der Waals surface area contributed by atoms with Gasteiger partial charge in [-0.25, -0.2) is 13.4 Å². The predicted octanol–water partition coefficient (Wildman–Crippen LogP) is 3.62. The summed E-state index contributed by atoms with van der Waals surface area (Å²) >= 11 is 5.71. The van der Waals surface area contributed by atoms with Gasteiger partial charge in [0.05, 0.1) is 15.2 Å². The Kier molecular flexibility index (Phi) is 6.04. The summed E-state index contributed by atoms with van der Waals surface area (Å²) in [6.07, 6.45) is -2.97. The summed E-state index contributed by atoms with van der Waals surface area (Å²) in [7, 11) is -3.80. The lowest BCUT2D eigenvalue weighted by Crippen LogP contribution is -2.42. The van der Waals surface area contributed by atoms with Gasteiger partial charge >= 0.3 is 6.36 Å². The number of benzene rings is 1. The molecule has 1 fully saturated rings. The van der Waals surface area contributed by atoms with E-state index in [9.17, 15) is 26.4 Å². The molecule has 0 atom stereocenters. The zero-order valence-electron chi connectivity index (χ0n) is 14.8. The van der Waals surface area contributed by atoms with Crippen LogP contribution in [0.5, 0.6) is 5.75 Å². The maximum atomic E-state index is 12.6. The zero-order chi connectivity index (χ0) is 21.2. The van der Waals surface area contributed by atoms with Gasteiger partial charge in [-0.1, -0.05) is 17.7 Å². The van der Waals surface area contributed by atoms with Gasteiger partial charge in [0, 0.05) is 12.7 Å². The minimum atomic E-state index is -4.90. The minimum absolute atomic E-state index is 0.0550. The highest BCUT2D eigenvalue weighted by Gasteiger charge is 2.40. The van der Waals surface area contributed by atoms with E-state index in [1.165, 1.54) is 30.5 Å². The molecule has 1 aliphatic carbocycles. The monoisotopic (exact) mass is 448 g/mol. The number of halogens is 4. The van der Waals surface area contributed by atoms with Gasteiger partial charge in [0.25, 0.3) is 5.91 Å². The molecule has 6 nitrogen and oxygen atoms in total. The predicted molar refractivity (Wildman–Crippen MR) is 98.4 cm³/mol. The Morgan fingerprint density at radius 2 is 1.97 bits per heavy atom. The molecule has 11 heteroatoms. The number of sulfone groups is 1. The van der Waals surface area contributed by atoms with Crippen molar-refractivity contribution >= 4 is 27.3 Å². The Labute approximate surface area is 170 Å². The maximum Gasteiger partial charge on any atom is 0.573 e. The molecule has 3 rings (SSSR count). The van der Waals surface area contributed by atoms with E-state index < -0.39 is 33.1 Å². The Morgan fingerprint density at radius 1 is 1.24 bits per heavy atom. The molecule has 1 heterocycles. The second-order valence-electron chi connectivity index (χ2n) is 6.60. The fourth-order valence-corrected chi connectivity index (χ4v) is 5.07. The maximum absolute atomic E-state index is 12.6. The van der Waals surface area contributed by atoms with Crippen LogP contribution < -0.4 is 10.1 Å². The highest BCUT2D eigenvalue weighted by molar-refractivity contribution is 7.92. The fraction of sp³-hybridized carbons (Fsp3) is 0.333. The molecule has 1 amide bonds. The minimum Gasteiger partial charge on any atom is -0.406 e. The Hall–Kier alpha value is -2.33. The van der Waals surface area contributed by atoms with Crippen LogP contribution in [-0.2, 0) is 9.84 Å². The largest absolute Gasteiger partial charge is 0.573 e. The number of nitrogens with zero attached hydrogens (tertiary/aromatic N) is 1. The summed E-state index contributed by atoms with van der Waals surface area (Å²) in [6.45, 7) is 0.270. The number of carbonyl (C=O) groups is 1. The van der Waals surface area contributed by atoms with Gasteiger partial charge in [-0.05, 0) is 49.1 Å². The van der Waals surface area contributed by atoms with E-state index in [1.807, 2.05) is 0 Å². The summed E-state index contributed by atoms with van der Waals surface area (Å²) in [4.78, 5) is 15.7. The molecule has 29 heavy (non-hydrogen) atoms. The van der Waals surface area contributed by atoms with Crippen LogP contribution in [0.4, 0.5) is 13.2 Å². The van der Waals surface area contributed by atoms with Gasteiger partial charge in [0.1, 0.15) is 11.4 Å². The number of aromatic nitrogens is 1. The second-order valence-corrected chi connectivity index (χ2v) is 9.26. The molecular formula is C18H16ClF3N2O4S. The summed E-state index contributed by atoms with van der Waals surface area (Å²) in [5.74, 6) is -1.04. The molecule has 1 N–H and O–H groups in total. The van der Waals surface area contributed by atoms with Crippen molar-refractivity contribution < 1.29 is 31.1 Å². The molecular weight excluding hydrogens is 433 g/mol. The zero-order valence-corrected chi connectivity index (χ0v) is 16.4. The van der Waals surface area contributed by atoms with Crippen LogP contribution >= 0.6 is 11.6 Å². The molecule has 0 unspecified atom stereocenters. The third-order valence-corrected chi connectivity index (χ3v) is 6.91. The first-order valence-corrected chi connectivity index (χ1v) is 10.5. The van der Waals surface area contributed by atoms with Gasteiger partial charge in [0.2, 0.25) is 0 Å². The molecule has 0 aliphatic heterocycles. The topological polar surface area (TPSA) is 85.4 Å². The lowest BCUT2D eigenvalue weighted by molar-refractivity contribution is -0.274. The number of hydrogen-bond acceptors (Lipinski definition) is 5. The third kappa shape index (κ3) is 5.39. The van der Waals surface area contributed by atoms with E-state index in [1.54, 1.807) is 0 Å². The Bertz CT molecular complexity index is 991. The summed E-state index contributed by atoms with van der Waals surface area (Å²) in [6, 6.07) is 7.34. The van der Waals surface area contributed by atoms with Crippen molar-refractivity contribution in [3.8, 4) is 5.75 Å². The van der Waals surface area contributed by atoms with Crippen LogP contribution in [0.1, 0.15) is 23.3 Å². The molecule has 0 spiro atoms. The second kappa shape index (κ2) is 8.19. The molecule has 1 aliphatic rings. The number of pyridine rings is 1. The van der Waals surface area contributed by atoms with Crippen LogP contribution in [0.3, 0.4) is 0 Å². The van der Waals surface area contributed by atoms with Crippen molar-refractivity contribution in [1.82, 2.24) is 10.3 Å². The van der Waals surface area contributed by atoms with Gasteiger partial charge in [0.15, 0.2) is 9.84 Å². The third-order valence-electron chi connectivity index (χ3n) is 4.51. The lowest BCUT2D eigenvalue weighted by atomic mass is 9.85. The van der Waals surface area contributed by atoms with Crippen molar-refractivity contribution in [3.05, 3.63) is 53.3 Å². The van der Waals surface area contributed by atoms with E-state index in [4.69, 9.17) is 11.6 Å². The molecule has 1 aromatic carbocycles. The number of ether oxygens (including phenoxy) is 1. The normalized spacial score (nSPS) is 19.3. The molecule has 1 aromatic heterocycles. The first-order chi connectivity index (χ1) is 13.5. The number of rotatable bonds is 6. The number of amides is 1. The molecule has 1 saturated carbocycles. The standard InChI is InChI=1S/C18H16ClF3N2O4S/c19-12-4-5-16(23-10-12)17(25)24-9-11-6-15(7-11)29(26,27)14-3-1-2-13(8-14)28-18(20,21)22/h1-5,8,10-11,15H,6-7,9H2,(H,24,25). The van der Waals surface area contributed by atoms with Gasteiger partial charge in [-0.2, -0.15) is 0 Å². The van der Waals surface area contributed by atoms with Crippen LogP contribution in [0, 0.1) is 5.92 Å². The molecule has 0 saturated heterocycles. The van der Waals surface area contributed by atoms with E-state index in [2.05, 4.69) is 15.0 Å². The fourth-order valence-electron chi connectivity index (χ4n) is 2.97.